The van der Waals surface area contributed by atoms with Gasteiger partial charge in [-0.05, 0) is 44.0 Å². The first-order valence-corrected chi connectivity index (χ1v) is 12.9. The number of anilines is 1. The number of sulfonamides is 1. The molecule has 2 amide bonds. The number of nitrogens with zero attached hydrogens (tertiary/aromatic N) is 3. The molecule has 2 fully saturated rings. The van der Waals surface area contributed by atoms with E-state index in [1.165, 1.54) is 12.1 Å². The normalized spacial score (nSPS) is 17.5. The highest BCUT2D eigenvalue weighted by Gasteiger charge is 2.30. The highest BCUT2D eigenvalue weighted by Crippen LogP contribution is 2.22. The number of piperidine rings is 1. The Kier molecular flexibility index (Phi) is 8.30. The number of hydrogen-bond acceptors (Lipinski definition) is 7. The number of hydrogen-bond donors (Lipinski definition) is 0. The van der Waals surface area contributed by atoms with E-state index in [0.29, 0.717) is 70.1 Å². The van der Waals surface area contributed by atoms with Crippen molar-refractivity contribution in [2.24, 2.45) is 5.92 Å². The van der Waals surface area contributed by atoms with Gasteiger partial charge in [-0.25, -0.2) is 8.42 Å². The van der Waals surface area contributed by atoms with E-state index >= 15 is 0 Å². The van der Waals surface area contributed by atoms with Gasteiger partial charge in [0, 0.05) is 31.7 Å². The molecular formula is C22H31N3O7S. The lowest BCUT2D eigenvalue weighted by Gasteiger charge is -2.32. The van der Waals surface area contributed by atoms with Crippen LogP contribution in [-0.2, 0) is 29.1 Å². The molecule has 0 N–H and O–H groups in total. The minimum absolute atomic E-state index is 0.142. The van der Waals surface area contributed by atoms with Crippen LogP contribution in [-0.4, -0.2) is 94.8 Å². The zero-order valence-electron chi connectivity index (χ0n) is 19.1. The van der Waals surface area contributed by atoms with Crippen molar-refractivity contribution in [1.29, 1.82) is 0 Å². The molecule has 0 bridgehead atoms. The second-order valence-electron chi connectivity index (χ2n) is 8.13. The summed E-state index contributed by atoms with van der Waals surface area (Å²) in [5.41, 5.74) is 0.757. The molecule has 2 aliphatic heterocycles. The molecule has 33 heavy (non-hydrogen) atoms. The maximum atomic E-state index is 12.8. The van der Waals surface area contributed by atoms with Crippen LogP contribution in [0.4, 0.5) is 5.69 Å². The summed E-state index contributed by atoms with van der Waals surface area (Å²) in [5, 5.41) is 0. The Morgan fingerprint density at radius 1 is 1.03 bits per heavy atom. The molecule has 11 heteroatoms. The summed E-state index contributed by atoms with van der Waals surface area (Å²) >= 11 is 0. The van der Waals surface area contributed by atoms with Gasteiger partial charge >= 0.3 is 5.97 Å². The minimum Gasteiger partial charge on any atom is -0.466 e. The Balaban J connectivity index is 1.65. The SMILES string of the molecule is CCOC(=O)C1CCN(C(=O)CN(c2ccc(C(=O)N3CCOCC3)cc2)S(C)(=O)=O)CC1. The van der Waals surface area contributed by atoms with Gasteiger partial charge in [-0.2, -0.15) is 0 Å². The predicted molar refractivity (Wildman–Crippen MR) is 121 cm³/mol. The van der Waals surface area contributed by atoms with E-state index in [9.17, 15) is 22.8 Å². The molecule has 1 aromatic carbocycles. The number of likely N-dealkylation sites (tertiary alicyclic amines) is 1. The fourth-order valence-corrected chi connectivity index (χ4v) is 4.82. The number of carbonyl (C=O) groups excluding carboxylic acids is 3. The molecule has 182 valence electrons. The summed E-state index contributed by atoms with van der Waals surface area (Å²) in [7, 11) is -3.74. The number of ether oxygens (including phenoxy) is 2. The summed E-state index contributed by atoms with van der Waals surface area (Å²) in [6.45, 7) is 4.46. The van der Waals surface area contributed by atoms with Gasteiger partial charge in [0.05, 0.1) is 37.7 Å². The smallest absolute Gasteiger partial charge is 0.309 e. The van der Waals surface area contributed by atoms with Crippen molar-refractivity contribution in [3.05, 3.63) is 29.8 Å². The second-order valence-corrected chi connectivity index (χ2v) is 10.0. The average molecular weight is 482 g/mol. The second kappa shape index (κ2) is 11.0. The van der Waals surface area contributed by atoms with Crippen LogP contribution in [0.15, 0.2) is 24.3 Å². The van der Waals surface area contributed by atoms with Crippen molar-refractivity contribution in [2.45, 2.75) is 19.8 Å². The largest absolute Gasteiger partial charge is 0.466 e. The van der Waals surface area contributed by atoms with Gasteiger partial charge in [0.2, 0.25) is 15.9 Å². The van der Waals surface area contributed by atoms with Gasteiger partial charge < -0.3 is 19.3 Å². The van der Waals surface area contributed by atoms with Crippen molar-refractivity contribution < 1.29 is 32.3 Å². The highest BCUT2D eigenvalue weighted by molar-refractivity contribution is 7.92. The van der Waals surface area contributed by atoms with Crippen molar-refractivity contribution >= 4 is 33.5 Å². The number of benzene rings is 1. The Hall–Kier alpha value is -2.66. The lowest BCUT2D eigenvalue weighted by atomic mass is 9.97. The summed E-state index contributed by atoms with van der Waals surface area (Å²) in [6.07, 6.45) is 2.02. The predicted octanol–water partition coefficient (Wildman–Crippen LogP) is 0.727. The number of morpholine rings is 1. The van der Waals surface area contributed by atoms with Gasteiger partial charge in [0.15, 0.2) is 0 Å². The third kappa shape index (κ3) is 6.44. The molecule has 0 aromatic heterocycles. The van der Waals surface area contributed by atoms with Crippen molar-refractivity contribution in [2.75, 3.05) is 63.1 Å². The summed E-state index contributed by atoms with van der Waals surface area (Å²) in [5.74, 6) is -0.974. The Morgan fingerprint density at radius 3 is 2.18 bits per heavy atom. The van der Waals surface area contributed by atoms with Gasteiger partial charge in [-0.15, -0.1) is 0 Å². The summed E-state index contributed by atoms with van der Waals surface area (Å²) in [4.78, 5) is 40.6. The van der Waals surface area contributed by atoms with E-state index in [1.54, 1.807) is 28.9 Å². The van der Waals surface area contributed by atoms with Gasteiger partial charge in [0.25, 0.3) is 5.91 Å². The molecule has 0 atom stereocenters. The lowest BCUT2D eigenvalue weighted by Crippen LogP contribution is -2.46. The van der Waals surface area contributed by atoms with E-state index in [0.717, 1.165) is 10.6 Å². The summed E-state index contributed by atoms with van der Waals surface area (Å²) < 4.78 is 36.2. The van der Waals surface area contributed by atoms with Crippen LogP contribution in [0.3, 0.4) is 0 Å². The number of amides is 2. The molecule has 2 aliphatic rings. The molecule has 10 nitrogen and oxygen atoms in total. The molecule has 0 spiro atoms. The topological polar surface area (TPSA) is 114 Å². The summed E-state index contributed by atoms with van der Waals surface area (Å²) in [6, 6.07) is 6.21. The molecule has 1 aromatic rings. The van der Waals surface area contributed by atoms with E-state index in [1.807, 2.05) is 0 Å². The van der Waals surface area contributed by atoms with Gasteiger partial charge in [-0.3, -0.25) is 18.7 Å². The molecule has 0 aliphatic carbocycles. The van der Waals surface area contributed by atoms with Crippen LogP contribution in [0.2, 0.25) is 0 Å². The minimum atomic E-state index is -3.74. The quantitative estimate of drug-likeness (QED) is 0.528. The standard InChI is InChI=1S/C22H31N3O7S/c1-3-32-22(28)18-8-10-23(11-9-18)20(26)16-25(33(2,29)30)19-6-4-17(5-7-19)21(27)24-12-14-31-15-13-24/h4-7,18H,3,8-16H2,1-2H3. The molecule has 0 radical (unpaired) electrons. The fraction of sp³-hybridized carbons (Fsp3) is 0.591. The third-order valence-electron chi connectivity index (χ3n) is 5.85. The maximum absolute atomic E-state index is 12.8. The van der Waals surface area contributed by atoms with Crippen LogP contribution >= 0.6 is 0 Å². The van der Waals surface area contributed by atoms with Crippen LogP contribution in [0, 0.1) is 5.92 Å². The fourth-order valence-electron chi connectivity index (χ4n) is 3.97. The molecular weight excluding hydrogens is 450 g/mol. The molecule has 2 saturated heterocycles. The Labute approximate surface area is 194 Å². The monoisotopic (exact) mass is 481 g/mol. The molecule has 0 saturated carbocycles. The number of rotatable bonds is 7. The Bertz CT molecular complexity index is 951. The third-order valence-corrected chi connectivity index (χ3v) is 6.99. The van der Waals surface area contributed by atoms with Crippen LogP contribution in [0.5, 0.6) is 0 Å². The zero-order chi connectivity index (χ0) is 24.0. The van der Waals surface area contributed by atoms with Crippen LogP contribution < -0.4 is 4.31 Å². The van der Waals surface area contributed by atoms with Gasteiger partial charge in [0.1, 0.15) is 6.54 Å². The van der Waals surface area contributed by atoms with Crippen LogP contribution in [0.25, 0.3) is 0 Å². The van der Waals surface area contributed by atoms with E-state index in [2.05, 4.69) is 0 Å². The lowest BCUT2D eigenvalue weighted by molar-refractivity contribution is -0.151. The highest BCUT2D eigenvalue weighted by atomic mass is 32.2. The first kappa shape index (κ1) is 25.0. The van der Waals surface area contributed by atoms with E-state index in [4.69, 9.17) is 9.47 Å². The van der Waals surface area contributed by atoms with Crippen molar-refractivity contribution in [3.8, 4) is 0 Å². The number of esters is 1. The first-order valence-electron chi connectivity index (χ1n) is 11.1. The molecule has 0 unspecified atom stereocenters. The molecule has 2 heterocycles. The first-order chi connectivity index (χ1) is 15.7. The van der Waals surface area contributed by atoms with E-state index in [-0.39, 0.29) is 30.2 Å². The average Bonchev–Trinajstić information content (AvgIpc) is 2.82. The molecule has 3 rings (SSSR count). The zero-order valence-corrected chi connectivity index (χ0v) is 19.9. The Morgan fingerprint density at radius 2 is 1.64 bits per heavy atom. The van der Waals surface area contributed by atoms with Crippen molar-refractivity contribution in [3.63, 3.8) is 0 Å². The van der Waals surface area contributed by atoms with Gasteiger partial charge in [-0.1, -0.05) is 0 Å². The van der Waals surface area contributed by atoms with Crippen molar-refractivity contribution in [1.82, 2.24) is 9.80 Å². The van der Waals surface area contributed by atoms with E-state index < -0.39 is 10.0 Å². The number of carbonyl (C=O) groups is 3. The maximum Gasteiger partial charge on any atom is 0.309 e. The van der Waals surface area contributed by atoms with Crippen LogP contribution in [0.1, 0.15) is 30.1 Å².